The molecule has 2 heterocycles. The third-order valence-corrected chi connectivity index (χ3v) is 6.24. The number of allylic oxidation sites excluding steroid dienone is 2. The monoisotopic (exact) mass is 362 g/mol. The Hall–Kier alpha value is -1.43. The normalized spacial score (nSPS) is 46.8. The third-order valence-electron chi connectivity index (χ3n) is 6.24. The second kappa shape index (κ2) is 6.32. The van der Waals surface area contributed by atoms with Crippen LogP contribution in [0.25, 0.3) is 0 Å². The van der Waals surface area contributed by atoms with Gasteiger partial charge < -0.3 is 19.7 Å². The van der Waals surface area contributed by atoms with Crippen LogP contribution in [-0.2, 0) is 14.3 Å². The number of fused-ring (bicyclic) bond motifs is 3. The Balaban J connectivity index is 2.17. The first-order valence-corrected chi connectivity index (χ1v) is 9.37. The summed E-state index contributed by atoms with van der Waals surface area (Å²) < 4.78 is 10.9. The second-order valence-electron chi connectivity index (χ2n) is 8.65. The molecule has 0 amide bonds. The number of carbonyl (C=O) groups is 1. The number of carbonyl (C=O) groups excluding carboxylic acids is 1. The van der Waals surface area contributed by atoms with Crippen molar-refractivity contribution in [1.29, 1.82) is 0 Å². The number of hydrogen-bond donors (Lipinski definition) is 2. The van der Waals surface area contributed by atoms with Crippen LogP contribution in [0.3, 0.4) is 0 Å². The zero-order chi connectivity index (χ0) is 19.3. The second-order valence-corrected chi connectivity index (χ2v) is 8.65. The third kappa shape index (κ3) is 3.17. The molecule has 3 aliphatic rings. The fourth-order valence-electron chi connectivity index (χ4n) is 4.66. The molecule has 0 saturated heterocycles. The smallest absolute Gasteiger partial charge is 0.339 e. The van der Waals surface area contributed by atoms with Gasteiger partial charge in [0.25, 0.3) is 0 Å². The van der Waals surface area contributed by atoms with E-state index in [2.05, 4.69) is 13.8 Å². The molecule has 26 heavy (non-hydrogen) atoms. The van der Waals surface area contributed by atoms with Crippen LogP contribution >= 0.6 is 0 Å². The molecule has 0 aromatic carbocycles. The van der Waals surface area contributed by atoms with Crippen molar-refractivity contribution in [2.45, 2.75) is 57.5 Å². The molecule has 5 nitrogen and oxygen atoms in total. The SMILES string of the molecule is COC(=O)/C1=C/[C@@H]2[C@@H](CC[C@@]3(C)C=C[C@@]1(O)O3)[C@](C)(O)C=C[C@H]2C(C)C. The van der Waals surface area contributed by atoms with Gasteiger partial charge in [-0.2, -0.15) is 0 Å². The molecule has 0 unspecified atom stereocenters. The van der Waals surface area contributed by atoms with Gasteiger partial charge in [0.1, 0.15) is 0 Å². The molecule has 0 aromatic heterocycles. The van der Waals surface area contributed by atoms with Crippen LogP contribution in [0.1, 0.15) is 40.5 Å². The summed E-state index contributed by atoms with van der Waals surface area (Å²) in [7, 11) is 1.30. The number of hydrogen-bond acceptors (Lipinski definition) is 5. The van der Waals surface area contributed by atoms with Gasteiger partial charge in [-0.05, 0) is 56.4 Å². The first kappa shape index (κ1) is 19.3. The van der Waals surface area contributed by atoms with Crippen LogP contribution in [-0.4, -0.2) is 40.3 Å². The number of rotatable bonds is 2. The van der Waals surface area contributed by atoms with Crippen LogP contribution in [0, 0.1) is 23.7 Å². The van der Waals surface area contributed by atoms with Crippen LogP contribution in [0.5, 0.6) is 0 Å². The summed E-state index contributed by atoms with van der Waals surface area (Å²) in [5.41, 5.74) is -1.59. The zero-order valence-corrected chi connectivity index (χ0v) is 16.2. The maximum atomic E-state index is 12.5. The van der Waals surface area contributed by atoms with Gasteiger partial charge >= 0.3 is 5.97 Å². The fourth-order valence-corrected chi connectivity index (χ4v) is 4.66. The van der Waals surface area contributed by atoms with E-state index < -0.39 is 23.0 Å². The minimum Gasteiger partial charge on any atom is -0.466 e. The molecular weight excluding hydrogens is 332 g/mol. The van der Waals surface area contributed by atoms with Crippen molar-refractivity contribution in [3.05, 3.63) is 36.0 Å². The Labute approximate surface area is 155 Å². The Bertz CT molecular complexity index is 674. The van der Waals surface area contributed by atoms with Crippen molar-refractivity contribution in [2.75, 3.05) is 7.11 Å². The lowest BCUT2D eigenvalue weighted by Crippen LogP contribution is -2.44. The first-order valence-electron chi connectivity index (χ1n) is 9.37. The van der Waals surface area contributed by atoms with Gasteiger partial charge in [-0.15, -0.1) is 0 Å². The lowest BCUT2D eigenvalue weighted by molar-refractivity contribution is -0.186. The Kier molecular flexibility index (Phi) is 4.70. The van der Waals surface area contributed by atoms with E-state index in [1.54, 1.807) is 12.2 Å². The van der Waals surface area contributed by atoms with Crippen LogP contribution in [0.15, 0.2) is 36.0 Å². The minimum absolute atomic E-state index is 0.0867. The predicted octanol–water partition coefficient (Wildman–Crippen LogP) is 2.74. The number of ether oxygens (including phenoxy) is 2. The van der Waals surface area contributed by atoms with Crippen molar-refractivity contribution in [1.82, 2.24) is 0 Å². The molecule has 0 aromatic rings. The number of esters is 1. The molecule has 5 heteroatoms. The lowest BCUT2D eigenvalue weighted by Gasteiger charge is -2.44. The van der Waals surface area contributed by atoms with E-state index in [0.29, 0.717) is 18.8 Å². The van der Waals surface area contributed by atoms with Crippen molar-refractivity contribution >= 4 is 5.97 Å². The topological polar surface area (TPSA) is 76.0 Å². The minimum atomic E-state index is -1.80. The van der Waals surface area contributed by atoms with Gasteiger partial charge in [0, 0.05) is 0 Å². The Morgan fingerprint density at radius 2 is 1.96 bits per heavy atom. The molecule has 2 bridgehead atoms. The molecule has 6 atom stereocenters. The van der Waals surface area contributed by atoms with E-state index >= 15 is 0 Å². The Morgan fingerprint density at radius 3 is 2.58 bits per heavy atom. The molecule has 3 rings (SSSR count). The average molecular weight is 362 g/mol. The maximum absolute atomic E-state index is 12.5. The summed E-state index contributed by atoms with van der Waals surface area (Å²) >= 11 is 0. The largest absolute Gasteiger partial charge is 0.466 e. The predicted molar refractivity (Wildman–Crippen MR) is 98.0 cm³/mol. The molecule has 0 radical (unpaired) electrons. The highest BCUT2D eigenvalue weighted by molar-refractivity contribution is 5.91. The molecule has 0 fully saturated rings. The van der Waals surface area contributed by atoms with Crippen molar-refractivity contribution in [3.63, 3.8) is 0 Å². The average Bonchev–Trinajstić information content (AvgIpc) is 2.88. The lowest BCUT2D eigenvalue weighted by atomic mass is 9.63. The van der Waals surface area contributed by atoms with Crippen LogP contribution in [0.2, 0.25) is 0 Å². The van der Waals surface area contributed by atoms with Crippen molar-refractivity contribution in [2.24, 2.45) is 23.7 Å². The van der Waals surface area contributed by atoms with Gasteiger partial charge in [0.2, 0.25) is 5.79 Å². The van der Waals surface area contributed by atoms with Crippen molar-refractivity contribution in [3.8, 4) is 0 Å². The summed E-state index contributed by atoms with van der Waals surface area (Å²) in [4.78, 5) is 12.5. The summed E-state index contributed by atoms with van der Waals surface area (Å²) in [6.07, 6.45) is 10.4. The molecule has 0 spiro atoms. The zero-order valence-electron chi connectivity index (χ0n) is 16.2. The summed E-state index contributed by atoms with van der Waals surface area (Å²) in [5, 5.41) is 22.1. The molecule has 2 aliphatic heterocycles. The highest BCUT2D eigenvalue weighted by atomic mass is 16.6. The highest BCUT2D eigenvalue weighted by Crippen LogP contribution is 2.48. The summed E-state index contributed by atoms with van der Waals surface area (Å²) in [6.45, 7) is 7.96. The summed E-state index contributed by atoms with van der Waals surface area (Å²) in [6, 6.07) is 0. The first-order chi connectivity index (χ1) is 12.0. The van der Waals surface area contributed by atoms with Gasteiger partial charge in [0.05, 0.1) is 23.9 Å². The van der Waals surface area contributed by atoms with E-state index in [1.807, 2.05) is 26.0 Å². The van der Waals surface area contributed by atoms with Crippen LogP contribution < -0.4 is 0 Å². The fraction of sp³-hybridized carbons (Fsp3) is 0.667. The molecule has 0 saturated carbocycles. The molecule has 2 N–H and O–H groups in total. The maximum Gasteiger partial charge on any atom is 0.339 e. The number of methoxy groups -OCH3 is 1. The standard InChI is InChI=1S/C21H30O5/c1-13(2)14-6-9-20(4,23)16-7-8-19(3)10-11-21(24,26-19)17(12-15(14)16)18(22)25-5/h6,9-16,23-24H,7-8H2,1-5H3/b17-12-/t14-,15-,16+,19-,20+,21+/m0/s1. The van der Waals surface area contributed by atoms with Gasteiger partial charge in [-0.3, -0.25) is 0 Å². The molecule has 1 aliphatic carbocycles. The van der Waals surface area contributed by atoms with Crippen molar-refractivity contribution < 1.29 is 24.5 Å². The van der Waals surface area contributed by atoms with E-state index in [0.717, 1.165) is 0 Å². The van der Waals surface area contributed by atoms with E-state index in [1.165, 1.54) is 13.2 Å². The van der Waals surface area contributed by atoms with E-state index in [-0.39, 0.29) is 23.3 Å². The van der Waals surface area contributed by atoms with E-state index in [9.17, 15) is 15.0 Å². The molecular formula is C21H30O5. The molecule has 144 valence electrons. The van der Waals surface area contributed by atoms with Crippen LogP contribution in [0.4, 0.5) is 0 Å². The van der Waals surface area contributed by atoms with Gasteiger partial charge in [-0.1, -0.05) is 38.2 Å². The number of aliphatic hydroxyl groups is 2. The quantitative estimate of drug-likeness (QED) is 0.583. The Morgan fingerprint density at radius 1 is 1.27 bits per heavy atom. The van der Waals surface area contributed by atoms with Gasteiger partial charge in [-0.25, -0.2) is 4.79 Å². The van der Waals surface area contributed by atoms with E-state index in [4.69, 9.17) is 9.47 Å². The van der Waals surface area contributed by atoms with Gasteiger partial charge in [0.15, 0.2) is 0 Å². The highest BCUT2D eigenvalue weighted by Gasteiger charge is 2.51. The summed E-state index contributed by atoms with van der Waals surface area (Å²) in [5.74, 6) is -2.13.